The molecule has 0 spiro atoms. The highest BCUT2D eigenvalue weighted by Gasteiger charge is 2.03. The van der Waals surface area contributed by atoms with Crippen molar-refractivity contribution in [2.45, 2.75) is 6.42 Å². The minimum absolute atomic E-state index is 0.974. The molecule has 0 aliphatic heterocycles. The SMILES string of the molecule is CNc1nc2ccc(Cc3ccccc3)cc2s1. The van der Waals surface area contributed by atoms with E-state index in [1.54, 1.807) is 11.3 Å². The lowest BCUT2D eigenvalue weighted by Crippen LogP contribution is -1.86. The van der Waals surface area contributed by atoms with E-state index in [2.05, 4.69) is 58.8 Å². The van der Waals surface area contributed by atoms with E-state index < -0.39 is 0 Å². The van der Waals surface area contributed by atoms with E-state index in [0.717, 1.165) is 17.1 Å². The third-order valence-electron chi connectivity index (χ3n) is 2.92. The fraction of sp³-hybridized carbons (Fsp3) is 0.133. The van der Waals surface area contributed by atoms with Crippen LogP contribution in [0.1, 0.15) is 11.1 Å². The van der Waals surface area contributed by atoms with E-state index >= 15 is 0 Å². The van der Waals surface area contributed by atoms with Crippen LogP contribution < -0.4 is 5.32 Å². The molecular weight excluding hydrogens is 240 g/mol. The average Bonchev–Trinajstić information content (AvgIpc) is 2.82. The molecule has 0 aliphatic rings. The maximum absolute atomic E-state index is 4.49. The number of hydrogen-bond donors (Lipinski definition) is 1. The second kappa shape index (κ2) is 4.78. The molecule has 0 saturated carbocycles. The molecule has 0 saturated heterocycles. The normalized spacial score (nSPS) is 10.7. The van der Waals surface area contributed by atoms with Crippen molar-refractivity contribution in [1.29, 1.82) is 0 Å². The molecule has 1 aromatic heterocycles. The predicted molar refractivity (Wildman–Crippen MR) is 78.4 cm³/mol. The van der Waals surface area contributed by atoms with Crippen LogP contribution in [0.15, 0.2) is 48.5 Å². The topological polar surface area (TPSA) is 24.9 Å². The van der Waals surface area contributed by atoms with E-state index in [0.29, 0.717) is 0 Å². The molecular formula is C15H14N2S. The summed E-state index contributed by atoms with van der Waals surface area (Å²) in [5.74, 6) is 0. The molecule has 0 radical (unpaired) electrons. The van der Waals surface area contributed by atoms with Gasteiger partial charge >= 0.3 is 0 Å². The van der Waals surface area contributed by atoms with Gasteiger partial charge in [-0.2, -0.15) is 0 Å². The standard InChI is InChI=1S/C15H14N2S/c1-16-15-17-13-8-7-12(10-14(13)18-15)9-11-5-3-2-4-6-11/h2-8,10H,9H2,1H3,(H,16,17). The Hall–Kier alpha value is -1.87. The fourth-order valence-corrected chi connectivity index (χ4v) is 2.90. The van der Waals surface area contributed by atoms with Crippen LogP contribution in [0.25, 0.3) is 10.2 Å². The van der Waals surface area contributed by atoms with Crippen molar-refractivity contribution in [3.63, 3.8) is 0 Å². The lowest BCUT2D eigenvalue weighted by molar-refractivity contribution is 1.20. The first-order valence-electron chi connectivity index (χ1n) is 5.96. The summed E-state index contributed by atoms with van der Waals surface area (Å²) >= 11 is 1.70. The van der Waals surface area contributed by atoms with Crippen LogP contribution in [0.5, 0.6) is 0 Å². The lowest BCUT2D eigenvalue weighted by atomic mass is 10.1. The van der Waals surface area contributed by atoms with Crippen molar-refractivity contribution >= 4 is 26.7 Å². The minimum atomic E-state index is 0.974. The van der Waals surface area contributed by atoms with Crippen LogP contribution in [0.4, 0.5) is 5.13 Å². The van der Waals surface area contributed by atoms with Crippen molar-refractivity contribution in [1.82, 2.24) is 4.98 Å². The first-order valence-corrected chi connectivity index (χ1v) is 6.78. The lowest BCUT2D eigenvalue weighted by Gasteiger charge is -2.01. The van der Waals surface area contributed by atoms with Gasteiger partial charge < -0.3 is 5.32 Å². The highest BCUT2D eigenvalue weighted by molar-refractivity contribution is 7.22. The highest BCUT2D eigenvalue weighted by Crippen LogP contribution is 2.27. The van der Waals surface area contributed by atoms with Crippen molar-refractivity contribution in [3.8, 4) is 0 Å². The third kappa shape index (κ3) is 2.22. The molecule has 0 unspecified atom stereocenters. The highest BCUT2D eigenvalue weighted by atomic mass is 32.1. The van der Waals surface area contributed by atoms with Crippen molar-refractivity contribution < 1.29 is 0 Å². The van der Waals surface area contributed by atoms with E-state index in [-0.39, 0.29) is 0 Å². The summed E-state index contributed by atoms with van der Waals surface area (Å²) in [4.78, 5) is 4.49. The van der Waals surface area contributed by atoms with Crippen LogP contribution in [0.3, 0.4) is 0 Å². The molecule has 90 valence electrons. The Morgan fingerprint density at radius 2 is 1.89 bits per heavy atom. The molecule has 3 aromatic rings. The van der Waals surface area contributed by atoms with Crippen LogP contribution in [-0.4, -0.2) is 12.0 Å². The molecule has 18 heavy (non-hydrogen) atoms. The van der Waals surface area contributed by atoms with Crippen molar-refractivity contribution in [2.24, 2.45) is 0 Å². The van der Waals surface area contributed by atoms with Gasteiger partial charge in [0.05, 0.1) is 10.2 Å². The third-order valence-corrected chi connectivity index (χ3v) is 3.95. The van der Waals surface area contributed by atoms with Crippen LogP contribution in [0, 0.1) is 0 Å². The molecule has 3 rings (SSSR count). The van der Waals surface area contributed by atoms with Gasteiger partial charge in [-0.25, -0.2) is 4.98 Å². The van der Waals surface area contributed by atoms with E-state index in [4.69, 9.17) is 0 Å². The summed E-state index contributed by atoms with van der Waals surface area (Å²) in [6, 6.07) is 17.0. The van der Waals surface area contributed by atoms with Gasteiger partial charge in [0.15, 0.2) is 5.13 Å². The first kappa shape index (κ1) is 11.2. The number of nitrogens with one attached hydrogen (secondary N) is 1. The minimum Gasteiger partial charge on any atom is -0.365 e. The van der Waals surface area contributed by atoms with Crippen molar-refractivity contribution in [2.75, 3.05) is 12.4 Å². The Bertz CT molecular complexity index is 659. The van der Waals surface area contributed by atoms with Crippen LogP contribution in [0.2, 0.25) is 0 Å². The summed E-state index contributed by atoms with van der Waals surface area (Å²) in [6.45, 7) is 0. The second-order valence-electron chi connectivity index (χ2n) is 4.23. The zero-order valence-corrected chi connectivity index (χ0v) is 11.0. The smallest absolute Gasteiger partial charge is 0.183 e. The number of aromatic nitrogens is 1. The summed E-state index contributed by atoms with van der Waals surface area (Å²) in [5.41, 5.74) is 3.75. The number of thiazole rings is 1. The summed E-state index contributed by atoms with van der Waals surface area (Å²) in [6.07, 6.45) is 0.976. The average molecular weight is 254 g/mol. The van der Waals surface area contributed by atoms with Gasteiger partial charge in [-0.1, -0.05) is 47.7 Å². The largest absolute Gasteiger partial charge is 0.365 e. The van der Waals surface area contributed by atoms with Crippen LogP contribution in [-0.2, 0) is 6.42 Å². The molecule has 0 bridgehead atoms. The van der Waals surface area contributed by atoms with Crippen molar-refractivity contribution in [3.05, 3.63) is 59.7 Å². The summed E-state index contributed by atoms with van der Waals surface area (Å²) < 4.78 is 1.24. The number of hydrogen-bond acceptors (Lipinski definition) is 3. The van der Waals surface area contributed by atoms with Gasteiger partial charge in [-0.15, -0.1) is 0 Å². The summed E-state index contributed by atoms with van der Waals surface area (Å²) in [5, 5.41) is 4.07. The molecule has 0 aliphatic carbocycles. The van der Waals surface area contributed by atoms with Gasteiger partial charge in [-0.05, 0) is 29.7 Å². The van der Waals surface area contributed by atoms with Gasteiger partial charge in [0.25, 0.3) is 0 Å². The van der Waals surface area contributed by atoms with Gasteiger partial charge in [0, 0.05) is 7.05 Å². The molecule has 0 amide bonds. The predicted octanol–water partition coefficient (Wildman–Crippen LogP) is 3.93. The number of rotatable bonds is 3. The zero-order valence-electron chi connectivity index (χ0n) is 10.2. The Morgan fingerprint density at radius 1 is 1.06 bits per heavy atom. The van der Waals surface area contributed by atoms with E-state index in [9.17, 15) is 0 Å². The van der Waals surface area contributed by atoms with Gasteiger partial charge in [0.2, 0.25) is 0 Å². The molecule has 2 aromatic carbocycles. The van der Waals surface area contributed by atoms with Crippen LogP contribution >= 0.6 is 11.3 Å². The fourth-order valence-electron chi connectivity index (χ4n) is 2.02. The first-order chi connectivity index (χ1) is 8.85. The molecule has 0 atom stereocenters. The molecule has 1 heterocycles. The molecule has 1 N–H and O–H groups in total. The zero-order chi connectivity index (χ0) is 12.4. The number of nitrogens with zero attached hydrogens (tertiary/aromatic N) is 1. The van der Waals surface area contributed by atoms with Gasteiger partial charge in [-0.3, -0.25) is 0 Å². The maximum Gasteiger partial charge on any atom is 0.183 e. The number of anilines is 1. The van der Waals surface area contributed by atoms with E-state index in [1.165, 1.54) is 15.8 Å². The number of benzene rings is 2. The molecule has 2 nitrogen and oxygen atoms in total. The Morgan fingerprint density at radius 3 is 2.67 bits per heavy atom. The Balaban J connectivity index is 1.93. The Labute approximate surface area is 110 Å². The van der Waals surface area contributed by atoms with E-state index in [1.807, 2.05) is 7.05 Å². The Kier molecular flexibility index (Phi) is 2.99. The maximum atomic E-state index is 4.49. The summed E-state index contributed by atoms with van der Waals surface area (Å²) in [7, 11) is 1.91. The second-order valence-corrected chi connectivity index (χ2v) is 5.26. The van der Waals surface area contributed by atoms with Gasteiger partial charge in [0.1, 0.15) is 0 Å². The quantitative estimate of drug-likeness (QED) is 0.766. The molecule has 3 heteroatoms. The number of fused-ring (bicyclic) bond motifs is 1. The molecule has 0 fully saturated rings. The monoisotopic (exact) mass is 254 g/mol.